The van der Waals surface area contributed by atoms with Gasteiger partial charge in [-0.2, -0.15) is 0 Å². The van der Waals surface area contributed by atoms with Gasteiger partial charge in [-0.15, -0.1) is 11.8 Å². The lowest BCUT2D eigenvalue weighted by Crippen LogP contribution is -2.50. The largest absolute Gasteiger partial charge is 0.456 e. The van der Waals surface area contributed by atoms with E-state index in [0.717, 1.165) is 16.0 Å². The molecule has 2 aromatic rings. The highest BCUT2D eigenvalue weighted by Gasteiger charge is 2.42. The number of carbonyl (C=O) groups is 3. The highest BCUT2D eigenvalue weighted by molar-refractivity contribution is 7.98. The maximum Gasteiger partial charge on any atom is 0.338 e. The molecule has 31 heavy (non-hydrogen) atoms. The third-order valence-electron chi connectivity index (χ3n) is 5.15. The molecule has 0 aliphatic carbocycles. The average Bonchev–Trinajstić information content (AvgIpc) is 3.16. The zero-order valence-electron chi connectivity index (χ0n) is 16.7. The summed E-state index contributed by atoms with van der Waals surface area (Å²) in [5.41, 5.74) is 2.22. The third kappa shape index (κ3) is 4.41. The van der Waals surface area contributed by atoms with Crippen LogP contribution in [0.15, 0.2) is 64.7 Å². The van der Waals surface area contributed by atoms with E-state index in [1.54, 1.807) is 23.9 Å². The number of benzene rings is 2. The quantitative estimate of drug-likeness (QED) is 0.532. The Bertz CT molecular complexity index is 1050. The lowest BCUT2D eigenvalue weighted by Gasteiger charge is -2.32. The summed E-state index contributed by atoms with van der Waals surface area (Å²) in [5.74, 6) is -1.28. The molecular formula is C22H20FN3O4S. The van der Waals surface area contributed by atoms with E-state index in [4.69, 9.17) is 4.74 Å². The lowest BCUT2D eigenvalue weighted by molar-refractivity contribution is -0.136. The fourth-order valence-corrected chi connectivity index (χ4v) is 3.94. The molecule has 0 saturated carbocycles. The van der Waals surface area contributed by atoms with Gasteiger partial charge < -0.3 is 15.4 Å². The van der Waals surface area contributed by atoms with Crippen molar-refractivity contribution >= 4 is 29.7 Å². The van der Waals surface area contributed by atoms with Gasteiger partial charge in [-0.1, -0.05) is 24.3 Å². The van der Waals surface area contributed by atoms with E-state index in [0.29, 0.717) is 11.3 Å². The first-order valence-corrected chi connectivity index (χ1v) is 10.8. The number of cyclic esters (lactones) is 1. The molecule has 2 aromatic carbocycles. The summed E-state index contributed by atoms with van der Waals surface area (Å²) in [6.45, 7) is -0.132. The van der Waals surface area contributed by atoms with Crippen LogP contribution in [0.1, 0.15) is 17.2 Å². The number of hydrogen-bond acceptors (Lipinski definition) is 5. The number of rotatable bonds is 6. The number of amides is 3. The average molecular weight is 441 g/mol. The van der Waals surface area contributed by atoms with Crippen molar-refractivity contribution < 1.29 is 23.5 Å². The number of nitrogens with zero attached hydrogens (tertiary/aromatic N) is 1. The van der Waals surface area contributed by atoms with Gasteiger partial charge in [0.15, 0.2) is 0 Å². The first kappa shape index (κ1) is 20.9. The first-order chi connectivity index (χ1) is 15.0. The number of halogens is 1. The van der Waals surface area contributed by atoms with E-state index in [1.807, 2.05) is 30.5 Å². The molecule has 0 fully saturated rings. The van der Waals surface area contributed by atoms with Gasteiger partial charge in [0.05, 0.1) is 17.3 Å². The van der Waals surface area contributed by atoms with Crippen LogP contribution in [0.25, 0.3) is 0 Å². The predicted octanol–water partition coefficient (Wildman–Crippen LogP) is 2.74. The van der Waals surface area contributed by atoms with Crippen LogP contribution in [-0.4, -0.2) is 42.2 Å². The van der Waals surface area contributed by atoms with E-state index in [1.165, 1.54) is 17.0 Å². The third-order valence-corrected chi connectivity index (χ3v) is 5.90. The van der Waals surface area contributed by atoms with Crippen molar-refractivity contribution in [3.63, 3.8) is 0 Å². The fourth-order valence-electron chi connectivity index (χ4n) is 3.53. The van der Waals surface area contributed by atoms with Gasteiger partial charge in [0.25, 0.3) is 0 Å². The Morgan fingerprint density at radius 1 is 1.19 bits per heavy atom. The standard InChI is InChI=1S/C22H20FN3O4S/c1-31-16-8-4-14(5-9-16)20-19-17(12-30-21(19)28)26(22(29)25-20)11-18(27)24-10-13-2-6-15(23)7-3-13/h2-9,20H,10-12H2,1H3,(H,24,27)(H,25,29). The van der Waals surface area contributed by atoms with Crippen LogP contribution in [-0.2, 0) is 20.9 Å². The minimum absolute atomic E-state index is 0.0633. The van der Waals surface area contributed by atoms with Gasteiger partial charge in [0, 0.05) is 11.4 Å². The second kappa shape index (κ2) is 8.81. The van der Waals surface area contributed by atoms with Gasteiger partial charge in [-0.05, 0) is 41.6 Å². The van der Waals surface area contributed by atoms with Crippen molar-refractivity contribution in [1.82, 2.24) is 15.5 Å². The number of ether oxygens (including phenoxy) is 1. The molecule has 7 nitrogen and oxygen atoms in total. The normalized spacial score (nSPS) is 17.9. The fraction of sp³-hybridized carbons (Fsp3) is 0.227. The molecule has 9 heteroatoms. The van der Waals surface area contributed by atoms with E-state index in [-0.39, 0.29) is 25.5 Å². The molecule has 2 aliphatic rings. The number of urea groups is 1. The molecule has 2 aliphatic heterocycles. The molecule has 0 spiro atoms. The Kier molecular flexibility index (Phi) is 5.94. The number of thioether (sulfide) groups is 1. The zero-order valence-corrected chi connectivity index (χ0v) is 17.5. The molecular weight excluding hydrogens is 421 g/mol. The number of carbonyl (C=O) groups excluding carboxylic acids is 3. The van der Waals surface area contributed by atoms with E-state index >= 15 is 0 Å². The highest BCUT2D eigenvalue weighted by atomic mass is 32.2. The molecule has 3 amide bonds. The maximum absolute atomic E-state index is 13.0. The molecule has 0 aromatic heterocycles. The summed E-state index contributed by atoms with van der Waals surface area (Å²) in [6.07, 6.45) is 1.96. The minimum atomic E-state index is -0.632. The van der Waals surface area contributed by atoms with E-state index in [9.17, 15) is 18.8 Å². The second-order valence-electron chi connectivity index (χ2n) is 7.08. The molecule has 0 bridgehead atoms. The number of nitrogens with one attached hydrogen (secondary N) is 2. The van der Waals surface area contributed by atoms with Crippen LogP contribution in [0, 0.1) is 5.82 Å². The van der Waals surface area contributed by atoms with Crippen LogP contribution in [0.4, 0.5) is 9.18 Å². The van der Waals surface area contributed by atoms with Gasteiger partial charge in [0.2, 0.25) is 5.91 Å². The summed E-state index contributed by atoms with van der Waals surface area (Å²) < 4.78 is 18.2. The van der Waals surface area contributed by atoms with Crippen molar-refractivity contribution in [2.75, 3.05) is 19.4 Å². The van der Waals surface area contributed by atoms with Crippen LogP contribution >= 0.6 is 11.8 Å². The molecule has 2 N–H and O–H groups in total. The lowest BCUT2D eigenvalue weighted by atomic mass is 9.96. The SMILES string of the molecule is CSc1ccc(C2NC(=O)N(CC(=O)NCc3ccc(F)cc3)C3=C2C(=O)OC3)cc1. The second-order valence-corrected chi connectivity index (χ2v) is 7.96. The Morgan fingerprint density at radius 3 is 2.58 bits per heavy atom. The van der Waals surface area contributed by atoms with Crippen molar-refractivity contribution in [2.45, 2.75) is 17.5 Å². The van der Waals surface area contributed by atoms with Gasteiger partial charge in [-0.25, -0.2) is 14.0 Å². The molecule has 2 heterocycles. The molecule has 0 saturated heterocycles. The monoisotopic (exact) mass is 441 g/mol. The number of esters is 1. The Labute approximate surface area is 182 Å². The summed E-state index contributed by atoms with van der Waals surface area (Å²) in [4.78, 5) is 39.9. The number of hydrogen-bond donors (Lipinski definition) is 2. The molecule has 1 unspecified atom stereocenters. The van der Waals surface area contributed by atoms with Crippen molar-refractivity contribution in [3.05, 3.63) is 76.7 Å². The maximum atomic E-state index is 13.0. The van der Waals surface area contributed by atoms with Crippen LogP contribution in [0.3, 0.4) is 0 Å². The molecule has 0 radical (unpaired) electrons. The molecule has 160 valence electrons. The van der Waals surface area contributed by atoms with Gasteiger partial charge in [0.1, 0.15) is 19.0 Å². The summed E-state index contributed by atoms with van der Waals surface area (Å²) in [5, 5.41) is 5.51. The Balaban J connectivity index is 1.50. The topological polar surface area (TPSA) is 87.7 Å². The zero-order chi connectivity index (χ0) is 22.0. The van der Waals surface area contributed by atoms with Crippen LogP contribution in [0.2, 0.25) is 0 Å². The van der Waals surface area contributed by atoms with Gasteiger partial charge in [-0.3, -0.25) is 9.69 Å². The molecule has 4 rings (SSSR count). The van der Waals surface area contributed by atoms with E-state index < -0.39 is 23.9 Å². The Morgan fingerprint density at radius 2 is 1.90 bits per heavy atom. The Hall–Kier alpha value is -3.33. The van der Waals surface area contributed by atoms with E-state index in [2.05, 4.69) is 10.6 Å². The van der Waals surface area contributed by atoms with Crippen molar-refractivity contribution in [1.29, 1.82) is 0 Å². The van der Waals surface area contributed by atoms with Crippen LogP contribution in [0.5, 0.6) is 0 Å². The summed E-state index contributed by atoms with van der Waals surface area (Å²) in [7, 11) is 0. The van der Waals surface area contributed by atoms with Crippen LogP contribution < -0.4 is 10.6 Å². The molecule has 1 atom stereocenters. The van der Waals surface area contributed by atoms with Crippen molar-refractivity contribution in [3.8, 4) is 0 Å². The predicted molar refractivity (Wildman–Crippen MR) is 112 cm³/mol. The van der Waals surface area contributed by atoms with Gasteiger partial charge >= 0.3 is 12.0 Å². The summed E-state index contributed by atoms with van der Waals surface area (Å²) >= 11 is 1.59. The van der Waals surface area contributed by atoms with Crippen molar-refractivity contribution in [2.24, 2.45) is 0 Å². The highest BCUT2D eigenvalue weighted by Crippen LogP contribution is 2.35. The first-order valence-electron chi connectivity index (χ1n) is 9.59. The smallest absolute Gasteiger partial charge is 0.338 e. The summed E-state index contributed by atoms with van der Waals surface area (Å²) in [6, 6.07) is 12.2. The minimum Gasteiger partial charge on any atom is -0.456 e.